The molecule has 2 aliphatic heterocycles. The first kappa shape index (κ1) is 21.0. The number of nitrogens with zero attached hydrogens (tertiary/aromatic N) is 1. The van der Waals surface area contributed by atoms with Crippen molar-refractivity contribution in [3.63, 3.8) is 0 Å². The molecule has 0 aromatic heterocycles. The maximum absolute atomic E-state index is 13.1. The number of ether oxygens (including phenoxy) is 1. The van der Waals surface area contributed by atoms with E-state index in [9.17, 15) is 23.9 Å². The fourth-order valence-electron chi connectivity index (χ4n) is 3.46. The number of aliphatic hydroxyl groups excluding tert-OH is 1. The fourth-order valence-corrected chi connectivity index (χ4v) is 6.02. The van der Waals surface area contributed by atoms with Crippen molar-refractivity contribution < 1.29 is 28.6 Å². The number of aliphatic hydroxyl groups is 1. The van der Waals surface area contributed by atoms with E-state index in [-0.39, 0.29) is 12.2 Å². The van der Waals surface area contributed by atoms with Crippen LogP contribution in [0.15, 0.2) is 36.9 Å². The quantitative estimate of drug-likeness (QED) is 0.225. The average Bonchev–Trinajstić information content (AvgIpc) is 2.94. The van der Waals surface area contributed by atoms with E-state index in [0.717, 1.165) is 12.1 Å². The lowest BCUT2D eigenvalue weighted by atomic mass is 9.84. The summed E-state index contributed by atoms with van der Waals surface area (Å²) in [5.41, 5.74) is 0.0863. The summed E-state index contributed by atoms with van der Waals surface area (Å²) in [7, 11) is 0. The highest BCUT2D eigenvalue weighted by atomic mass is 79.9. The van der Waals surface area contributed by atoms with E-state index in [4.69, 9.17) is 4.74 Å². The maximum atomic E-state index is 13.1. The van der Waals surface area contributed by atoms with Gasteiger partial charge in [-0.3, -0.25) is 9.59 Å². The van der Waals surface area contributed by atoms with Gasteiger partial charge in [0.15, 0.2) is 10.1 Å². The number of β-lactam (4-membered cyclic amide) rings is 1. The van der Waals surface area contributed by atoms with Crippen molar-refractivity contribution in [3.05, 3.63) is 48.3 Å². The third kappa shape index (κ3) is 3.09. The van der Waals surface area contributed by atoms with Crippen LogP contribution in [0.4, 0.5) is 4.39 Å². The normalized spacial score (nSPS) is 28.9. The number of halogens is 2. The van der Waals surface area contributed by atoms with Crippen LogP contribution < -0.4 is 0 Å². The third-order valence-electron chi connectivity index (χ3n) is 4.87. The molecule has 2 fully saturated rings. The smallest absolute Gasteiger partial charge is 0.330 e. The molecule has 28 heavy (non-hydrogen) atoms. The number of Topliss-reactive ketones (excluding diaryl/α,β-unsaturated/α-hetero) is 1. The molecule has 2 heterocycles. The number of benzene rings is 1. The molecule has 150 valence electrons. The summed E-state index contributed by atoms with van der Waals surface area (Å²) in [5, 5.41) is 10.1. The molecule has 1 amide bonds. The summed E-state index contributed by atoms with van der Waals surface area (Å²) >= 11 is 4.57. The molecule has 2 saturated heterocycles. The van der Waals surface area contributed by atoms with Crippen molar-refractivity contribution in [1.82, 2.24) is 4.90 Å². The number of alkyl halides is 1. The minimum atomic E-state index is -1.70. The zero-order valence-corrected chi connectivity index (χ0v) is 17.6. The molecular formula is C19H19BrFNO5S. The predicted molar refractivity (Wildman–Crippen MR) is 106 cm³/mol. The standard InChI is InChI=1S/C19H19BrFNO5S/c1-4-9-27-15(25)13-18(2,3)28-17-19(20,16(26)22(13)17)14(24)12(23)10-5-7-11(21)8-6-10/h4-8,13-14,17,24H,1,9H2,2-3H3/t13-,14?,17+,19-/m0/s1. The Morgan fingerprint density at radius 2 is 2.04 bits per heavy atom. The van der Waals surface area contributed by atoms with E-state index < -0.39 is 50.1 Å². The minimum Gasteiger partial charge on any atom is -0.460 e. The van der Waals surface area contributed by atoms with Gasteiger partial charge in [-0.05, 0) is 38.1 Å². The van der Waals surface area contributed by atoms with E-state index in [1.807, 2.05) is 0 Å². The first-order valence-electron chi connectivity index (χ1n) is 8.50. The van der Waals surface area contributed by atoms with Gasteiger partial charge in [-0.2, -0.15) is 0 Å². The van der Waals surface area contributed by atoms with Crippen molar-refractivity contribution in [1.29, 1.82) is 0 Å². The van der Waals surface area contributed by atoms with Crippen molar-refractivity contribution >= 4 is 45.4 Å². The number of thioether (sulfide) groups is 1. The molecule has 4 atom stereocenters. The van der Waals surface area contributed by atoms with Gasteiger partial charge in [0.1, 0.15) is 29.9 Å². The van der Waals surface area contributed by atoms with Crippen LogP contribution in [-0.2, 0) is 14.3 Å². The molecule has 1 N–H and O–H groups in total. The number of esters is 1. The average molecular weight is 472 g/mol. The second-order valence-electron chi connectivity index (χ2n) is 7.15. The van der Waals surface area contributed by atoms with Crippen LogP contribution in [0.3, 0.4) is 0 Å². The van der Waals surface area contributed by atoms with Crippen LogP contribution in [0.1, 0.15) is 24.2 Å². The van der Waals surface area contributed by atoms with E-state index >= 15 is 0 Å². The van der Waals surface area contributed by atoms with Crippen LogP contribution >= 0.6 is 27.7 Å². The topological polar surface area (TPSA) is 83.9 Å². The van der Waals surface area contributed by atoms with Crippen molar-refractivity contribution in [2.24, 2.45) is 0 Å². The summed E-state index contributed by atoms with van der Waals surface area (Å²) < 4.78 is 16.0. The second kappa shape index (κ2) is 7.27. The number of amides is 1. The molecule has 1 unspecified atom stereocenters. The molecule has 6 nitrogen and oxygen atoms in total. The molecule has 0 aliphatic carbocycles. The third-order valence-corrected chi connectivity index (χ3v) is 8.03. The van der Waals surface area contributed by atoms with Gasteiger partial charge in [0.05, 0.1) is 0 Å². The number of hydrogen-bond donors (Lipinski definition) is 1. The first-order chi connectivity index (χ1) is 13.1. The van der Waals surface area contributed by atoms with Crippen LogP contribution in [0.5, 0.6) is 0 Å². The Kier molecular flexibility index (Phi) is 5.46. The Labute approximate surface area is 174 Å². The van der Waals surface area contributed by atoms with E-state index in [0.29, 0.717) is 0 Å². The van der Waals surface area contributed by atoms with Gasteiger partial charge in [-0.15, -0.1) is 11.8 Å². The Morgan fingerprint density at radius 1 is 1.43 bits per heavy atom. The highest BCUT2D eigenvalue weighted by molar-refractivity contribution is 9.10. The molecule has 0 radical (unpaired) electrons. The van der Waals surface area contributed by atoms with Crippen LogP contribution in [-0.4, -0.2) is 60.9 Å². The van der Waals surface area contributed by atoms with E-state index in [2.05, 4.69) is 22.5 Å². The molecule has 0 bridgehead atoms. The fraction of sp³-hybridized carbons (Fsp3) is 0.421. The Morgan fingerprint density at radius 3 is 2.61 bits per heavy atom. The first-order valence-corrected chi connectivity index (χ1v) is 10.2. The molecule has 2 aliphatic rings. The molecular weight excluding hydrogens is 453 g/mol. The molecule has 1 aromatic rings. The summed E-state index contributed by atoms with van der Waals surface area (Å²) in [4.78, 5) is 39.4. The van der Waals surface area contributed by atoms with Gasteiger partial charge in [-0.25, -0.2) is 9.18 Å². The SMILES string of the molecule is C=CCOC(=O)[C@@H]1N2C(=O)[C@@](Br)(C(O)C(=O)c3ccc(F)cc3)[C@H]2SC1(C)C. The van der Waals surface area contributed by atoms with Gasteiger partial charge < -0.3 is 14.7 Å². The van der Waals surface area contributed by atoms with Crippen LogP contribution in [0, 0.1) is 5.82 Å². The number of ketones is 1. The lowest BCUT2D eigenvalue weighted by Gasteiger charge is -2.51. The van der Waals surface area contributed by atoms with Crippen LogP contribution in [0.2, 0.25) is 0 Å². The van der Waals surface area contributed by atoms with Crippen molar-refractivity contribution in [2.45, 2.75) is 40.4 Å². The summed E-state index contributed by atoms with van der Waals surface area (Å²) in [5.74, 6) is -2.36. The van der Waals surface area contributed by atoms with Crippen molar-refractivity contribution in [2.75, 3.05) is 6.61 Å². The number of carbonyl (C=O) groups excluding carboxylic acids is 3. The number of carbonyl (C=O) groups is 3. The van der Waals surface area contributed by atoms with Gasteiger partial charge in [0.25, 0.3) is 0 Å². The molecule has 0 spiro atoms. The number of hydrogen-bond acceptors (Lipinski definition) is 6. The highest BCUT2D eigenvalue weighted by Gasteiger charge is 2.74. The summed E-state index contributed by atoms with van der Waals surface area (Å²) in [6.45, 7) is 7.11. The van der Waals surface area contributed by atoms with Gasteiger partial charge >= 0.3 is 5.97 Å². The lowest BCUT2D eigenvalue weighted by molar-refractivity contribution is -0.166. The Balaban J connectivity index is 1.86. The van der Waals surface area contributed by atoms with Gasteiger partial charge in [0.2, 0.25) is 5.91 Å². The Hall–Kier alpha value is -1.71. The van der Waals surface area contributed by atoms with Crippen LogP contribution in [0.25, 0.3) is 0 Å². The van der Waals surface area contributed by atoms with Gasteiger partial charge in [-0.1, -0.05) is 28.6 Å². The van der Waals surface area contributed by atoms with Gasteiger partial charge in [0, 0.05) is 10.3 Å². The zero-order chi connectivity index (χ0) is 20.9. The van der Waals surface area contributed by atoms with E-state index in [1.54, 1.807) is 13.8 Å². The van der Waals surface area contributed by atoms with Crippen molar-refractivity contribution in [3.8, 4) is 0 Å². The molecule has 3 rings (SSSR count). The second-order valence-corrected chi connectivity index (χ2v) is 10.2. The van der Waals surface area contributed by atoms with E-state index in [1.165, 1.54) is 34.9 Å². The molecule has 1 aromatic carbocycles. The predicted octanol–water partition coefficient (Wildman–Crippen LogP) is 2.29. The lowest BCUT2D eigenvalue weighted by Crippen LogP contribution is -2.75. The Bertz CT molecular complexity index is 845. The molecule has 9 heteroatoms. The highest BCUT2D eigenvalue weighted by Crippen LogP contribution is 2.59. The largest absolute Gasteiger partial charge is 0.460 e. The summed E-state index contributed by atoms with van der Waals surface area (Å²) in [6, 6.07) is 3.86. The summed E-state index contributed by atoms with van der Waals surface area (Å²) in [6.07, 6.45) is -0.263. The maximum Gasteiger partial charge on any atom is 0.330 e. The number of rotatable bonds is 6. The zero-order valence-electron chi connectivity index (χ0n) is 15.2. The minimum absolute atomic E-state index is 0.0217. The molecule has 0 saturated carbocycles. The monoisotopic (exact) mass is 471 g/mol. The number of fused-ring (bicyclic) bond motifs is 1.